The van der Waals surface area contributed by atoms with Crippen molar-refractivity contribution in [3.8, 4) is 0 Å². The van der Waals surface area contributed by atoms with Gasteiger partial charge in [-0.25, -0.2) is 5.48 Å². The van der Waals surface area contributed by atoms with E-state index in [4.69, 9.17) is 25.6 Å². The molecule has 0 heterocycles. The predicted molar refractivity (Wildman–Crippen MR) is 35.0 cm³/mol. The summed E-state index contributed by atoms with van der Waals surface area (Å²) in [4.78, 5) is 10.4. The van der Waals surface area contributed by atoms with E-state index in [2.05, 4.69) is 0 Å². The second kappa shape index (κ2) is 5.01. The highest BCUT2D eigenvalue weighted by Crippen LogP contribution is 1.99. The lowest BCUT2D eigenvalue weighted by atomic mass is 10.1. The summed E-state index contributed by atoms with van der Waals surface area (Å²) < 4.78 is 0. The Labute approximate surface area is 67.8 Å². The van der Waals surface area contributed by atoms with Gasteiger partial charge in [0.25, 0.3) is 5.91 Å². The first-order chi connectivity index (χ1) is 5.54. The van der Waals surface area contributed by atoms with E-state index in [0.717, 1.165) is 5.48 Å². The first-order valence-corrected chi connectivity index (χ1v) is 3.13. The molecule has 0 spiro atoms. The van der Waals surface area contributed by atoms with Crippen LogP contribution in [0.1, 0.15) is 0 Å². The zero-order chi connectivity index (χ0) is 9.72. The maximum Gasteiger partial charge on any atom is 0.274 e. The van der Waals surface area contributed by atoms with Gasteiger partial charge >= 0.3 is 0 Å². The van der Waals surface area contributed by atoms with E-state index in [1.54, 1.807) is 0 Å². The highest BCUT2D eigenvalue weighted by atomic mass is 16.5. The molecular formula is C5H11NO6. The van der Waals surface area contributed by atoms with Gasteiger partial charge in [-0.2, -0.15) is 0 Å². The molecule has 0 aromatic carbocycles. The number of hydroxylamine groups is 1. The van der Waals surface area contributed by atoms with Gasteiger partial charge < -0.3 is 20.4 Å². The summed E-state index contributed by atoms with van der Waals surface area (Å²) in [5.41, 5.74) is 1.08. The molecule has 7 heteroatoms. The molecule has 0 saturated carbocycles. The van der Waals surface area contributed by atoms with Crippen molar-refractivity contribution in [2.45, 2.75) is 18.3 Å². The topological polar surface area (TPSA) is 130 Å². The smallest absolute Gasteiger partial charge is 0.274 e. The molecule has 0 aliphatic heterocycles. The number of aliphatic hydroxyl groups excluding tert-OH is 4. The molecule has 0 rings (SSSR count). The van der Waals surface area contributed by atoms with Gasteiger partial charge in [-0.05, 0) is 0 Å². The average Bonchev–Trinajstić information content (AvgIpc) is 2.12. The van der Waals surface area contributed by atoms with Crippen LogP contribution in [-0.2, 0) is 4.79 Å². The van der Waals surface area contributed by atoms with E-state index in [1.165, 1.54) is 0 Å². The number of aliphatic hydroxyl groups is 4. The number of hydrogen-bond donors (Lipinski definition) is 6. The summed E-state index contributed by atoms with van der Waals surface area (Å²) in [6.45, 7) is -0.795. The summed E-state index contributed by atoms with van der Waals surface area (Å²) in [5, 5.41) is 42.7. The predicted octanol–water partition coefficient (Wildman–Crippen LogP) is -3.43. The lowest BCUT2D eigenvalue weighted by molar-refractivity contribution is -0.150. The zero-order valence-corrected chi connectivity index (χ0v) is 6.08. The van der Waals surface area contributed by atoms with E-state index in [1.807, 2.05) is 0 Å². The Morgan fingerprint density at radius 2 is 1.83 bits per heavy atom. The Hall–Kier alpha value is -0.730. The normalized spacial score (nSPS) is 18.1. The van der Waals surface area contributed by atoms with Crippen molar-refractivity contribution in [3.05, 3.63) is 0 Å². The van der Waals surface area contributed by atoms with E-state index in [0.29, 0.717) is 0 Å². The van der Waals surface area contributed by atoms with Crippen LogP contribution in [0.3, 0.4) is 0 Å². The standard InChI is InChI=1S/C5H11NO6/c7-1-2(8)3(9)4(10)5(11)6-12/h2-4,7-10,12H,1H2,(H,6,11)/t2-,3+,4+/m0/s1. The minimum Gasteiger partial charge on any atom is -0.394 e. The third kappa shape index (κ3) is 2.72. The highest BCUT2D eigenvalue weighted by Gasteiger charge is 2.29. The number of rotatable bonds is 4. The third-order valence-corrected chi connectivity index (χ3v) is 1.28. The van der Waals surface area contributed by atoms with Gasteiger partial charge in [0.1, 0.15) is 12.2 Å². The maximum atomic E-state index is 10.4. The van der Waals surface area contributed by atoms with Gasteiger partial charge in [-0.15, -0.1) is 0 Å². The molecule has 6 N–H and O–H groups in total. The summed E-state index contributed by atoms with van der Waals surface area (Å²) in [6, 6.07) is 0. The molecule has 0 radical (unpaired) electrons. The van der Waals surface area contributed by atoms with Crippen LogP contribution < -0.4 is 5.48 Å². The molecule has 7 nitrogen and oxygen atoms in total. The molecule has 0 bridgehead atoms. The number of carbonyl (C=O) groups is 1. The summed E-state index contributed by atoms with van der Waals surface area (Å²) in [6.07, 6.45) is -5.43. The van der Waals surface area contributed by atoms with E-state index in [9.17, 15) is 4.79 Å². The fraction of sp³-hybridized carbons (Fsp3) is 0.800. The maximum absolute atomic E-state index is 10.4. The largest absolute Gasteiger partial charge is 0.394 e. The second-order valence-electron chi connectivity index (χ2n) is 2.16. The fourth-order valence-electron chi connectivity index (χ4n) is 0.540. The summed E-state index contributed by atoms with van der Waals surface area (Å²) >= 11 is 0. The molecule has 0 aliphatic carbocycles. The fourth-order valence-corrected chi connectivity index (χ4v) is 0.540. The van der Waals surface area contributed by atoms with E-state index >= 15 is 0 Å². The molecule has 0 aromatic rings. The van der Waals surface area contributed by atoms with Crippen LogP contribution in [0.5, 0.6) is 0 Å². The highest BCUT2D eigenvalue weighted by molar-refractivity contribution is 5.79. The first-order valence-electron chi connectivity index (χ1n) is 3.13. The first kappa shape index (κ1) is 11.3. The minimum absolute atomic E-state index is 0.795. The van der Waals surface area contributed by atoms with Crippen molar-refractivity contribution in [2.75, 3.05) is 6.61 Å². The van der Waals surface area contributed by atoms with Crippen molar-refractivity contribution in [1.29, 1.82) is 0 Å². The Kier molecular flexibility index (Phi) is 4.71. The number of hydrogen-bond acceptors (Lipinski definition) is 6. The molecule has 0 saturated heterocycles. The molecule has 72 valence electrons. The van der Waals surface area contributed by atoms with Gasteiger partial charge in [-0.3, -0.25) is 10.0 Å². The molecule has 12 heavy (non-hydrogen) atoms. The summed E-state index contributed by atoms with van der Waals surface area (Å²) in [7, 11) is 0. The van der Waals surface area contributed by atoms with Crippen LogP contribution in [0.4, 0.5) is 0 Å². The molecule has 0 fully saturated rings. The second-order valence-corrected chi connectivity index (χ2v) is 2.16. The Morgan fingerprint density at radius 1 is 1.33 bits per heavy atom. The van der Waals surface area contributed by atoms with Gasteiger partial charge in [0.15, 0.2) is 6.10 Å². The van der Waals surface area contributed by atoms with Crippen molar-refractivity contribution < 1.29 is 30.4 Å². The lowest BCUT2D eigenvalue weighted by Crippen LogP contribution is -2.47. The molecular weight excluding hydrogens is 170 g/mol. The van der Waals surface area contributed by atoms with Crippen molar-refractivity contribution in [1.82, 2.24) is 5.48 Å². The van der Waals surface area contributed by atoms with E-state index in [-0.39, 0.29) is 0 Å². The molecule has 0 aliphatic rings. The van der Waals surface area contributed by atoms with Gasteiger partial charge in [0.2, 0.25) is 0 Å². The van der Waals surface area contributed by atoms with E-state index < -0.39 is 30.8 Å². The van der Waals surface area contributed by atoms with Crippen molar-refractivity contribution in [2.24, 2.45) is 0 Å². The number of nitrogens with one attached hydrogen (secondary N) is 1. The van der Waals surface area contributed by atoms with Crippen LogP contribution in [0, 0.1) is 0 Å². The molecule has 0 aromatic heterocycles. The van der Waals surface area contributed by atoms with Crippen LogP contribution in [-0.4, -0.2) is 56.5 Å². The minimum atomic E-state index is -1.97. The SMILES string of the molecule is O=C(NO)[C@H](O)[C@H](O)[C@@H](O)CO. The molecule has 3 atom stereocenters. The quantitative estimate of drug-likeness (QED) is 0.198. The van der Waals surface area contributed by atoms with Crippen molar-refractivity contribution in [3.63, 3.8) is 0 Å². The van der Waals surface area contributed by atoms with Gasteiger partial charge in [0, 0.05) is 0 Å². The molecule has 0 unspecified atom stereocenters. The van der Waals surface area contributed by atoms with Crippen molar-refractivity contribution >= 4 is 5.91 Å². The lowest BCUT2D eigenvalue weighted by Gasteiger charge is -2.19. The van der Waals surface area contributed by atoms with Crippen LogP contribution >= 0.6 is 0 Å². The zero-order valence-electron chi connectivity index (χ0n) is 6.08. The van der Waals surface area contributed by atoms with Crippen LogP contribution in [0.2, 0.25) is 0 Å². The monoisotopic (exact) mass is 181 g/mol. The Balaban J connectivity index is 4.08. The third-order valence-electron chi connectivity index (χ3n) is 1.28. The molecule has 1 amide bonds. The van der Waals surface area contributed by atoms with Crippen LogP contribution in [0.15, 0.2) is 0 Å². The Bertz CT molecular complexity index is 151. The van der Waals surface area contributed by atoms with Gasteiger partial charge in [0.05, 0.1) is 6.61 Å². The Morgan fingerprint density at radius 3 is 2.17 bits per heavy atom. The van der Waals surface area contributed by atoms with Crippen LogP contribution in [0.25, 0.3) is 0 Å². The van der Waals surface area contributed by atoms with Gasteiger partial charge in [-0.1, -0.05) is 0 Å². The number of carbonyl (C=O) groups excluding carboxylic acids is 1. The number of amides is 1. The average molecular weight is 181 g/mol. The summed E-state index contributed by atoms with van der Waals surface area (Å²) in [5.74, 6) is -1.25.